The van der Waals surface area contributed by atoms with Gasteiger partial charge in [-0.2, -0.15) is 4.31 Å². The first-order chi connectivity index (χ1) is 16.7. The van der Waals surface area contributed by atoms with Gasteiger partial charge < -0.3 is 16.4 Å². The SMILES string of the molecule is NC(=O)CNC(=O)c1ccc(CNC(=O)C2CCN(S(=O)(=O)c3ccc4c(c3)CCC4)CC2)cc1. The number of carbonyl (C=O) groups excluding carboxylic acids is 3. The molecule has 1 saturated heterocycles. The van der Waals surface area contributed by atoms with Crippen LogP contribution < -0.4 is 16.4 Å². The van der Waals surface area contributed by atoms with E-state index in [0.717, 1.165) is 30.4 Å². The average molecular weight is 499 g/mol. The number of hydrogen-bond acceptors (Lipinski definition) is 5. The van der Waals surface area contributed by atoms with Gasteiger partial charge in [0.2, 0.25) is 21.8 Å². The number of aryl methyl sites for hydroxylation is 2. The molecule has 10 heteroatoms. The summed E-state index contributed by atoms with van der Waals surface area (Å²) in [6, 6.07) is 12.1. The molecule has 3 amide bonds. The lowest BCUT2D eigenvalue weighted by Crippen LogP contribution is -2.42. The molecule has 2 aliphatic rings. The minimum atomic E-state index is -3.56. The van der Waals surface area contributed by atoms with E-state index in [2.05, 4.69) is 10.6 Å². The monoisotopic (exact) mass is 498 g/mol. The highest BCUT2D eigenvalue weighted by molar-refractivity contribution is 7.89. The van der Waals surface area contributed by atoms with Gasteiger partial charge in [0.25, 0.3) is 5.91 Å². The van der Waals surface area contributed by atoms with Gasteiger partial charge in [-0.1, -0.05) is 18.2 Å². The third-order valence-corrected chi connectivity index (χ3v) is 8.53. The summed E-state index contributed by atoms with van der Waals surface area (Å²) in [5.74, 6) is -1.38. The third kappa shape index (κ3) is 5.88. The Hall–Kier alpha value is -3.24. The summed E-state index contributed by atoms with van der Waals surface area (Å²) in [4.78, 5) is 35.7. The van der Waals surface area contributed by atoms with Crippen molar-refractivity contribution in [2.75, 3.05) is 19.6 Å². The van der Waals surface area contributed by atoms with E-state index >= 15 is 0 Å². The van der Waals surface area contributed by atoms with Crippen molar-refractivity contribution >= 4 is 27.7 Å². The van der Waals surface area contributed by atoms with Crippen LogP contribution in [0, 0.1) is 5.92 Å². The van der Waals surface area contributed by atoms with Gasteiger partial charge >= 0.3 is 0 Å². The number of nitrogens with two attached hydrogens (primary N) is 1. The fourth-order valence-electron chi connectivity index (χ4n) is 4.59. The Morgan fingerprint density at radius 1 is 0.943 bits per heavy atom. The first kappa shape index (κ1) is 24.9. The number of benzene rings is 2. The van der Waals surface area contributed by atoms with Crippen LogP contribution in [0.2, 0.25) is 0 Å². The average Bonchev–Trinajstić information content (AvgIpc) is 3.34. The first-order valence-corrected chi connectivity index (χ1v) is 13.2. The summed E-state index contributed by atoms with van der Waals surface area (Å²) in [7, 11) is -3.56. The maximum atomic E-state index is 13.1. The summed E-state index contributed by atoms with van der Waals surface area (Å²) >= 11 is 0. The van der Waals surface area contributed by atoms with Gasteiger partial charge in [0.05, 0.1) is 11.4 Å². The molecular weight excluding hydrogens is 468 g/mol. The lowest BCUT2D eigenvalue weighted by Gasteiger charge is -2.30. The number of piperidine rings is 1. The lowest BCUT2D eigenvalue weighted by atomic mass is 9.97. The Bertz CT molecular complexity index is 1220. The van der Waals surface area contributed by atoms with Crippen molar-refractivity contribution in [3.63, 3.8) is 0 Å². The van der Waals surface area contributed by atoms with Crippen LogP contribution in [0.3, 0.4) is 0 Å². The van der Waals surface area contributed by atoms with Gasteiger partial charge in [0.15, 0.2) is 0 Å². The molecule has 35 heavy (non-hydrogen) atoms. The van der Waals surface area contributed by atoms with Crippen LogP contribution in [-0.4, -0.2) is 50.1 Å². The molecule has 1 aliphatic heterocycles. The predicted octanol–water partition coefficient (Wildman–Crippen LogP) is 1.11. The van der Waals surface area contributed by atoms with E-state index in [9.17, 15) is 22.8 Å². The largest absolute Gasteiger partial charge is 0.368 e. The number of nitrogens with one attached hydrogen (secondary N) is 2. The number of hydrogen-bond donors (Lipinski definition) is 3. The summed E-state index contributed by atoms with van der Waals surface area (Å²) in [6.07, 6.45) is 3.93. The van der Waals surface area contributed by atoms with Gasteiger partial charge in [0, 0.05) is 31.1 Å². The van der Waals surface area contributed by atoms with E-state index in [1.807, 2.05) is 12.1 Å². The smallest absolute Gasteiger partial charge is 0.251 e. The normalized spacial score (nSPS) is 16.5. The Labute approximate surface area is 205 Å². The summed E-state index contributed by atoms with van der Waals surface area (Å²) in [5, 5.41) is 5.32. The third-order valence-electron chi connectivity index (χ3n) is 6.64. The summed E-state index contributed by atoms with van der Waals surface area (Å²) < 4.78 is 27.7. The molecule has 0 spiro atoms. The molecule has 0 aromatic heterocycles. The van der Waals surface area contributed by atoms with Gasteiger partial charge in [-0.25, -0.2) is 8.42 Å². The van der Waals surface area contributed by atoms with Crippen molar-refractivity contribution in [1.29, 1.82) is 0 Å². The molecule has 2 aromatic carbocycles. The van der Waals surface area contributed by atoms with E-state index < -0.39 is 21.8 Å². The quantitative estimate of drug-likeness (QED) is 0.500. The molecule has 1 fully saturated rings. The minimum absolute atomic E-state index is 0.108. The van der Waals surface area contributed by atoms with E-state index in [1.54, 1.807) is 30.3 Å². The molecule has 0 atom stereocenters. The zero-order valence-electron chi connectivity index (χ0n) is 19.5. The maximum absolute atomic E-state index is 13.1. The van der Waals surface area contributed by atoms with Crippen LogP contribution in [-0.2, 0) is 39.0 Å². The first-order valence-electron chi connectivity index (χ1n) is 11.8. The van der Waals surface area contributed by atoms with Crippen LogP contribution in [0.5, 0.6) is 0 Å². The molecule has 4 rings (SSSR count). The second-order valence-corrected chi connectivity index (χ2v) is 11.0. The molecule has 0 saturated carbocycles. The van der Waals surface area contributed by atoms with Crippen molar-refractivity contribution < 1.29 is 22.8 Å². The van der Waals surface area contributed by atoms with Gasteiger partial charge in [-0.3, -0.25) is 14.4 Å². The molecule has 9 nitrogen and oxygen atoms in total. The topological polar surface area (TPSA) is 139 Å². The van der Waals surface area contributed by atoms with Gasteiger partial charge in [-0.15, -0.1) is 0 Å². The predicted molar refractivity (Wildman–Crippen MR) is 130 cm³/mol. The summed E-state index contributed by atoms with van der Waals surface area (Å²) in [6.45, 7) is 0.693. The molecule has 1 aliphatic carbocycles. The van der Waals surface area contributed by atoms with Gasteiger partial charge in [-0.05, 0) is 73.1 Å². The van der Waals surface area contributed by atoms with Crippen molar-refractivity contribution in [1.82, 2.24) is 14.9 Å². The van der Waals surface area contributed by atoms with E-state index in [0.29, 0.717) is 42.9 Å². The minimum Gasteiger partial charge on any atom is -0.368 e. The van der Waals surface area contributed by atoms with Crippen LogP contribution in [0.25, 0.3) is 0 Å². The molecule has 4 N–H and O–H groups in total. The highest BCUT2D eigenvalue weighted by Gasteiger charge is 2.32. The number of amides is 3. The second kappa shape index (κ2) is 10.6. The maximum Gasteiger partial charge on any atom is 0.251 e. The second-order valence-electron chi connectivity index (χ2n) is 9.03. The molecule has 0 unspecified atom stereocenters. The lowest BCUT2D eigenvalue weighted by molar-refractivity contribution is -0.126. The fourth-order valence-corrected chi connectivity index (χ4v) is 6.11. The Balaban J connectivity index is 1.26. The van der Waals surface area contributed by atoms with Crippen molar-refractivity contribution in [2.45, 2.75) is 43.5 Å². The molecular formula is C25H30N4O5S. The fraction of sp³-hybridized carbons (Fsp3) is 0.400. The number of rotatable bonds is 8. The summed E-state index contributed by atoms with van der Waals surface area (Å²) in [5.41, 5.74) is 8.59. The Kier molecular flexibility index (Phi) is 7.51. The number of nitrogens with zero attached hydrogens (tertiary/aromatic N) is 1. The van der Waals surface area contributed by atoms with Crippen LogP contribution in [0.15, 0.2) is 47.4 Å². The zero-order chi connectivity index (χ0) is 25.0. The number of carbonyl (C=O) groups is 3. The van der Waals surface area contributed by atoms with E-state index in [-0.39, 0.29) is 18.4 Å². The van der Waals surface area contributed by atoms with E-state index in [4.69, 9.17) is 5.73 Å². The van der Waals surface area contributed by atoms with Crippen molar-refractivity contribution in [2.24, 2.45) is 11.7 Å². The number of primary amides is 1. The number of fused-ring (bicyclic) bond motifs is 1. The Morgan fingerprint density at radius 3 is 2.31 bits per heavy atom. The molecule has 0 bridgehead atoms. The van der Waals surface area contributed by atoms with Crippen LogP contribution in [0.1, 0.15) is 46.3 Å². The van der Waals surface area contributed by atoms with E-state index in [1.165, 1.54) is 9.87 Å². The Morgan fingerprint density at radius 2 is 1.63 bits per heavy atom. The van der Waals surface area contributed by atoms with Gasteiger partial charge in [0.1, 0.15) is 0 Å². The highest BCUT2D eigenvalue weighted by atomic mass is 32.2. The number of sulfonamides is 1. The highest BCUT2D eigenvalue weighted by Crippen LogP contribution is 2.28. The van der Waals surface area contributed by atoms with Crippen molar-refractivity contribution in [3.8, 4) is 0 Å². The molecule has 2 aromatic rings. The van der Waals surface area contributed by atoms with Crippen LogP contribution in [0.4, 0.5) is 0 Å². The molecule has 186 valence electrons. The molecule has 0 radical (unpaired) electrons. The van der Waals surface area contributed by atoms with Crippen molar-refractivity contribution in [3.05, 3.63) is 64.7 Å². The zero-order valence-corrected chi connectivity index (χ0v) is 20.3. The standard InChI is InChI=1S/C25H30N4O5S/c26-23(30)16-28-24(31)19-6-4-17(5-7-19)15-27-25(32)20-10-12-29(13-11-20)35(33,34)22-9-8-18-2-1-3-21(18)14-22/h4-9,14,20H,1-3,10-13,15-16H2,(H2,26,30)(H,27,32)(H,28,31). The molecule has 1 heterocycles. The van der Waals surface area contributed by atoms with Crippen LogP contribution >= 0.6 is 0 Å².